The van der Waals surface area contributed by atoms with Gasteiger partial charge in [-0.05, 0) is 37.5 Å². The summed E-state index contributed by atoms with van der Waals surface area (Å²) in [5.74, 6) is -0.709. The summed E-state index contributed by atoms with van der Waals surface area (Å²) in [5.41, 5.74) is 0. The van der Waals surface area contributed by atoms with Crippen molar-refractivity contribution in [3.63, 3.8) is 0 Å². The van der Waals surface area contributed by atoms with Gasteiger partial charge in [0.05, 0.1) is 26.4 Å². The second-order valence-electron chi connectivity index (χ2n) is 24.6. The van der Waals surface area contributed by atoms with Crippen LogP contribution in [0.15, 0.2) is 0 Å². The standard InChI is InChI=1S/C66H128O17P2/c1-7-10-12-14-16-18-19-20-21-22-23-24-26-30-38-44-50-65(70)82-61(54-77-64(69)49-43-37-31-27-28-34-40-46-58(4)5)56-80-84(72,73)78-52-60(67)53-79-85(74,75)81-57-62(55-76-63(68)48-42-36-29-25-17-15-13-11-8-2)83-66(71)51-45-39-33-32-35-41-47-59(6)9-3/h58-62,67H,7-57H2,1-6H3,(H,72,73)(H,74,75)/t59?,60-,61-,62-/m1/s1. The molecule has 0 fully saturated rings. The summed E-state index contributed by atoms with van der Waals surface area (Å²) in [6.07, 6.45) is 41.8. The Kier molecular flexibility index (Phi) is 57.1. The number of phosphoric acid groups is 2. The first kappa shape index (κ1) is 83.1. The van der Waals surface area contributed by atoms with E-state index in [1.54, 1.807) is 0 Å². The number of phosphoric ester groups is 2. The van der Waals surface area contributed by atoms with Gasteiger partial charge in [0.2, 0.25) is 0 Å². The number of carbonyl (C=O) groups is 4. The minimum Gasteiger partial charge on any atom is -0.462 e. The van der Waals surface area contributed by atoms with Crippen molar-refractivity contribution >= 4 is 39.5 Å². The third kappa shape index (κ3) is 59.5. The monoisotopic (exact) mass is 1250 g/mol. The summed E-state index contributed by atoms with van der Waals surface area (Å²) < 4.78 is 68.0. The Hall–Kier alpha value is -1.94. The number of hydrogen-bond donors (Lipinski definition) is 3. The lowest BCUT2D eigenvalue weighted by atomic mass is 10.00. The predicted molar refractivity (Wildman–Crippen MR) is 340 cm³/mol. The molecular formula is C66H128O17P2. The van der Waals surface area contributed by atoms with E-state index in [4.69, 9.17) is 37.0 Å². The molecule has 0 radical (unpaired) electrons. The number of carbonyl (C=O) groups excluding carboxylic acids is 4. The summed E-state index contributed by atoms with van der Waals surface area (Å²) >= 11 is 0. The molecule has 0 spiro atoms. The minimum atomic E-state index is -4.95. The van der Waals surface area contributed by atoms with Crippen LogP contribution in [0.4, 0.5) is 0 Å². The van der Waals surface area contributed by atoms with Gasteiger partial charge in [-0.2, -0.15) is 0 Å². The molecule has 3 unspecified atom stereocenters. The molecule has 0 aromatic carbocycles. The first-order valence-corrected chi connectivity index (χ1v) is 37.5. The molecule has 0 saturated carbocycles. The summed E-state index contributed by atoms with van der Waals surface area (Å²) in [4.78, 5) is 72.3. The second kappa shape index (κ2) is 58.4. The van der Waals surface area contributed by atoms with E-state index >= 15 is 0 Å². The second-order valence-corrected chi connectivity index (χ2v) is 27.5. The van der Waals surface area contributed by atoms with Crippen molar-refractivity contribution < 1.29 is 80.2 Å². The van der Waals surface area contributed by atoms with Crippen LogP contribution in [0.3, 0.4) is 0 Å². The van der Waals surface area contributed by atoms with Gasteiger partial charge in [0, 0.05) is 25.7 Å². The summed E-state index contributed by atoms with van der Waals surface area (Å²) in [7, 11) is -9.89. The molecule has 0 heterocycles. The molecule has 0 aromatic rings. The molecule has 17 nitrogen and oxygen atoms in total. The van der Waals surface area contributed by atoms with Crippen molar-refractivity contribution in [2.45, 2.75) is 349 Å². The molecule has 0 saturated heterocycles. The van der Waals surface area contributed by atoms with Crippen LogP contribution >= 0.6 is 15.6 Å². The predicted octanol–water partition coefficient (Wildman–Crippen LogP) is 18.4. The van der Waals surface area contributed by atoms with E-state index in [2.05, 4.69) is 41.5 Å². The number of esters is 4. The molecule has 6 atom stereocenters. The first-order chi connectivity index (χ1) is 40.9. The molecule has 0 aliphatic rings. The largest absolute Gasteiger partial charge is 0.472 e. The van der Waals surface area contributed by atoms with Gasteiger partial charge in [-0.1, -0.05) is 279 Å². The third-order valence-electron chi connectivity index (χ3n) is 15.6. The molecular weight excluding hydrogens is 1130 g/mol. The Bertz CT molecular complexity index is 1670. The fraction of sp³-hybridized carbons (Fsp3) is 0.939. The van der Waals surface area contributed by atoms with Crippen molar-refractivity contribution in [3.8, 4) is 0 Å². The average molecular weight is 1260 g/mol. The van der Waals surface area contributed by atoms with E-state index in [1.165, 1.54) is 141 Å². The Morgan fingerprint density at radius 3 is 0.894 bits per heavy atom. The smallest absolute Gasteiger partial charge is 0.462 e. The lowest BCUT2D eigenvalue weighted by molar-refractivity contribution is -0.161. The maximum absolute atomic E-state index is 13.0. The van der Waals surface area contributed by atoms with Crippen LogP contribution in [0, 0.1) is 11.8 Å². The number of unbranched alkanes of at least 4 members (excludes halogenated alkanes) is 34. The third-order valence-corrected chi connectivity index (χ3v) is 17.5. The number of hydrogen-bond acceptors (Lipinski definition) is 15. The van der Waals surface area contributed by atoms with E-state index in [0.717, 1.165) is 102 Å². The first-order valence-electron chi connectivity index (χ1n) is 34.5. The number of ether oxygens (including phenoxy) is 4. The average Bonchev–Trinajstić information content (AvgIpc) is 3.48. The van der Waals surface area contributed by atoms with Gasteiger partial charge >= 0.3 is 39.5 Å². The normalized spacial score (nSPS) is 14.6. The molecule has 0 aliphatic heterocycles. The Balaban J connectivity index is 5.22. The van der Waals surface area contributed by atoms with Crippen molar-refractivity contribution in [2.75, 3.05) is 39.6 Å². The fourth-order valence-corrected chi connectivity index (χ4v) is 11.4. The van der Waals surface area contributed by atoms with Crippen LogP contribution in [-0.2, 0) is 65.4 Å². The van der Waals surface area contributed by atoms with Gasteiger partial charge in [-0.3, -0.25) is 37.3 Å². The van der Waals surface area contributed by atoms with Crippen LogP contribution < -0.4 is 0 Å². The molecule has 0 amide bonds. The van der Waals surface area contributed by atoms with Crippen LogP contribution in [0.25, 0.3) is 0 Å². The van der Waals surface area contributed by atoms with Crippen molar-refractivity contribution in [1.29, 1.82) is 0 Å². The Morgan fingerprint density at radius 1 is 0.341 bits per heavy atom. The molecule has 0 rings (SSSR count). The van der Waals surface area contributed by atoms with Crippen LogP contribution in [0.2, 0.25) is 0 Å². The molecule has 85 heavy (non-hydrogen) atoms. The van der Waals surface area contributed by atoms with E-state index in [0.29, 0.717) is 31.6 Å². The van der Waals surface area contributed by atoms with Crippen LogP contribution in [0.1, 0.15) is 330 Å². The van der Waals surface area contributed by atoms with Gasteiger partial charge in [0.1, 0.15) is 19.3 Å². The van der Waals surface area contributed by atoms with Gasteiger partial charge in [0.15, 0.2) is 12.2 Å². The lowest BCUT2D eigenvalue weighted by Gasteiger charge is -2.21. The Labute approximate surface area is 517 Å². The zero-order chi connectivity index (χ0) is 62.9. The van der Waals surface area contributed by atoms with Crippen molar-refractivity contribution in [1.82, 2.24) is 0 Å². The van der Waals surface area contributed by atoms with E-state index in [9.17, 15) is 43.2 Å². The summed E-state index contributed by atoms with van der Waals surface area (Å²) in [6.45, 7) is 9.40. The molecule has 0 aliphatic carbocycles. The Morgan fingerprint density at radius 2 is 0.600 bits per heavy atom. The maximum Gasteiger partial charge on any atom is 0.472 e. The van der Waals surface area contributed by atoms with Crippen molar-refractivity contribution in [3.05, 3.63) is 0 Å². The van der Waals surface area contributed by atoms with Gasteiger partial charge in [0.25, 0.3) is 0 Å². The van der Waals surface area contributed by atoms with Crippen LogP contribution in [0.5, 0.6) is 0 Å². The number of aliphatic hydroxyl groups excluding tert-OH is 1. The van der Waals surface area contributed by atoms with Crippen molar-refractivity contribution in [2.24, 2.45) is 11.8 Å². The van der Waals surface area contributed by atoms with E-state index < -0.39 is 97.5 Å². The zero-order valence-corrected chi connectivity index (χ0v) is 56.7. The number of aliphatic hydroxyl groups is 1. The molecule has 504 valence electrons. The highest BCUT2D eigenvalue weighted by molar-refractivity contribution is 7.47. The fourth-order valence-electron chi connectivity index (χ4n) is 9.85. The lowest BCUT2D eigenvalue weighted by Crippen LogP contribution is -2.30. The van der Waals surface area contributed by atoms with Crippen LogP contribution in [-0.4, -0.2) is 96.7 Å². The zero-order valence-electron chi connectivity index (χ0n) is 54.9. The summed E-state index contributed by atoms with van der Waals surface area (Å²) in [5, 5.41) is 10.5. The van der Waals surface area contributed by atoms with Gasteiger partial charge < -0.3 is 33.8 Å². The number of rotatable bonds is 65. The van der Waals surface area contributed by atoms with Gasteiger partial charge in [-0.15, -0.1) is 0 Å². The quantitative estimate of drug-likeness (QED) is 0.0222. The highest BCUT2D eigenvalue weighted by Crippen LogP contribution is 2.45. The minimum absolute atomic E-state index is 0.103. The van der Waals surface area contributed by atoms with E-state index in [-0.39, 0.29) is 25.7 Å². The highest BCUT2D eigenvalue weighted by atomic mass is 31.2. The molecule has 0 bridgehead atoms. The molecule has 19 heteroatoms. The highest BCUT2D eigenvalue weighted by Gasteiger charge is 2.30. The molecule has 0 aromatic heterocycles. The summed E-state index contributed by atoms with van der Waals surface area (Å²) in [6, 6.07) is 0. The SMILES string of the molecule is CCCCCCCCCCCCCCCCCCC(=O)O[C@H](COC(=O)CCCCCCCCCC(C)C)COP(=O)(O)OC[C@@H](O)COP(=O)(O)OC[C@@H](COC(=O)CCCCCCCCCCC)OC(=O)CCCCCCCCC(C)CC. The van der Waals surface area contributed by atoms with Gasteiger partial charge in [-0.25, -0.2) is 9.13 Å². The van der Waals surface area contributed by atoms with E-state index in [1.807, 2.05) is 0 Å². The topological polar surface area (TPSA) is 237 Å². The molecule has 3 N–H and O–H groups in total. The maximum atomic E-state index is 13.0.